The van der Waals surface area contributed by atoms with E-state index in [1.165, 1.54) is 28.4 Å². The van der Waals surface area contributed by atoms with E-state index in [4.69, 9.17) is 9.73 Å². The van der Waals surface area contributed by atoms with Crippen molar-refractivity contribution in [1.82, 2.24) is 0 Å². The first-order valence-electron chi connectivity index (χ1n) is 10.7. The molecule has 0 aromatic heterocycles. The van der Waals surface area contributed by atoms with Gasteiger partial charge in [0.1, 0.15) is 0 Å². The molecule has 2 bridgehead atoms. The van der Waals surface area contributed by atoms with Gasteiger partial charge in [-0.15, -0.1) is 0 Å². The van der Waals surface area contributed by atoms with Gasteiger partial charge in [-0.25, -0.2) is 0 Å². The first-order valence-corrected chi connectivity index (χ1v) is 12.8. The van der Waals surface area contributed by atoms with Crippen LogP contribution in [0, 0.1) is 16.7 Å². The van der Waals surface area contributed by atoms with Crippen molar-refractivity contribution in [1.29, 1.82) is 0 Å². The van der Waals surface area contributed by atoms with Crippen molar-refractivity contribution in [3.8, 4) is 0 Å². The van der Waals surface area contributed by atoms with Crippen LogP contribution in [0.1, 0.15) is 44.7 Å². The summed E-state index contributed by atoms with van der Waals surface area (Å²) >= 11 is 0.369. The molecule has 4 atom stereocenters. The number of nitrogens with zero attached hydrogens (tertiary/aromatic N) is 1. The molecule has 1 aliphatic heterocycles. The fourth-order valence-corrected chi connectivity index (χ4v) is 7.49. The van der Waals surface area contributed by atoms with Crippen molar-refractivity contribution in [2.45, 2.75) is 51.1 Å². The molecule has 0 spiro atoms. The van der Waals surface area contributed by atoms with Crippen LogP contribution in [0.2, 0.25) is 5.32 Å². The average molecular weight is 450 g/mol. The van der Waals surface area contributed by atoms with E-state index in [1.54, 1.807) is 0 Å². The SMILES string of the molecule is CC1(C)[C@H]2CC[C@@]1(C)[C@H]1OC(c3ccccc3[Se]C/C=C/c3ccccc3)=N[C@@H]21. The summed E-state index contributed by atoms with van der Waals surface area (Å²) in [7, 11) is 0. The molecular weight excluding hydrogens is 421 g/mol. The van der Waals surface area contributed by atoms with Crippen LogP contribution < -0.4 is 4.46 Å². The first-order chi connectivity index (χ1) is 14.0. The molecule has 3 heteroatoms. The normalized spacial score (nSPS) is 31.7. The summed E-state index contributed by atoms with van der Waals surface area (Å²) < 4.78 is 8.00. The average Bonchev–Trinajstić information content (AvgIpc) is 3.31. The summed E-state index contributed by atoms with van der Waals surface area (Å²) in [6.45, 7) is 7.29. The summed E-state index contributed by atoms with van der Waals surface area (Å²) in [5.74, 6) is 1.56. The van der Waals surface area contributed by atoms with Gasteiger partial charge in [-0.2, -0.15) is 0 Å². The van der Waals surface area contributed by atoms with E-state index in [0.29, 0.717) is 32.3 Å². The van der Waals surface area contributed by atoms with Crippen LogP contribution in [0.3, 0.4) is 0 Å². The van der Waals surface area contributed by atoms with E-state index in [-0.39, 0.29) is 11.5 Å². The second-order valence-electron chi connectivity index (χ2n) is 9.37. The first kappa shape index (κ1) is 19.2. The Morgan fingerprint density at radius 2 is 1.83 bits per heavy atom. The van der Waals surface area contributed by atoms with Crippen molar-refractivity contribution < 1.29 is 4.74 Å². The minimum absolute atomic E-state index is 0.242. The Bertz CT molecular complexity index is 964. The van der Waals surface area contributed by atoms with Crippen molar-refractivity contribution in [2.24, 2.45) is 21.7 Å². The number of aliphatic imine (C=N–C) groups is 1. The Labute approximate surface area is 180 Å². The Morgan fingerprint density at radius 3 is 2.62 bits per heavy atom. The summed E-state index contributed by atoms with van der Waals surface area (Å²) in [5, 5.41) is 1.08. The van der Waals surface area contributed by atoms with E-state index in [2.05, 4.69) is 87.5 Å². The Hall–Kier alpha value is -1.83. The molecule has 2 aromatic rings. The molecule has 0 saturated heterocycles. The van der Waals surface area contributed by atoms with Crippen molar-refractivity contribution in [3.05, 3.63) is 71.8 Å². The number of fused-ring (bicyclic) bond motifs is 5. The van der Waals surface area contributed by atoms with Crippen molar-refractivity contribution >= 4 is 31.4 Å². The zero-order valence-electron chi connectivity index (χ0n) is 17.5. The molecule has 2 nitrogen and oxygen atoms in total. The number of benzene rings is 2. The van der Waals surface area contributed by atoms with Crippen molar-refractivity contribution in [3.63, 3.8) is 0 Å². The van der Waals surface area contributed by atoms with Crippen LogP contribution in [0.25, 0.3) is 6.08 Å². The van der Waals surface area contributed by atoms with E-state index in [1.807, 2.05) is 0 Å². The van der Waals surface area contributed by atoms with Gasteiger partial charge in [0, 0.05) is 0 Å². The molecule has 2 saturated carbocycles. The Morgan fingerprint density at radius 1 is 1.07 bits per heavy atom. The standard InChI is InChI=1S/C26H29NOSe/c1-25(2)20-15-16-26(25,3)23-22(20)27-24(28-23)19-13-7-8-14-21(19)29-17-9-12-18-10-5-4-6-11-18/h4-14,20,22-23H,15-17H2,1-3H3/b12-9+/t20-,22-,23-,26-/m0/s1. The summed E-state index contributed by atoms with van der Waals surface area (Å²) in [5.41, 5.74) is 3.05. The quantitative estimate of drug-likeness (QED) is 0.580. The van der Waals surface area contributed by atoms with Crippen LogP contribution in [0.4, 0.5) is 0 Å². The molecule has 2 aromatic carbocycles. The summed E-state index contributed by atoms with van der Waals surface area (Å²) in [6.07, 6.45) is 7.33. The van der Waals surface area contributed by atoms with Crippen LogP contribution in [-0.4, -0.2) is 33.0 Å². The van der Waals surface area contributed by atoms with Crippen LogP contribution >= 0.6 is 0 Å². The van der Waals surface area contributed by atoms with Gasteiger partial charge in [0.05, 0.1) is 0 Å². The molecule has 0 unspecified atom stereocenters. The second kappa shape index (κ2) is 7.14. The molecule has 1 heterocycles. The second-order valence-corrected chi connectivity index (χ2v) is 11.6. The molecule has 5 rings (SSSR count). The predicted molar refractivity (Wildman–Crippen MR) is 122 cm³/mol. The molecule has 29 heavy (non-hydrogen) atoms. The van der Waals surface area contributed by atoms with Gasteiger partial charge in [0.2, 0.25) is 0 Å². The fraction of sp³-hybridized carbons (Fsp3) is 0.423. The molecule has 2 fully saturated rings. The number of ether oxygens (including phenoxy) is 1. The molecular formula is C26H29NOSe. The van der Waals surface area contributed by atoms with Gasteiger partial charge in [0.25, 0.3) is 0 Å². The molecule has 3 aliphatic rings. The monoisotopic (exact) mass is 451 g/mol. The zero-order valence-corrected chi connectivity index (χ0v) is 19.2. The van der Waals surface area contributed by atoms with Crippen LogP contribution in [0.5, 0.6) is 0 Å². The van der Waals surface area contributed by atoms with E-state index >= 15 is 0 Å². The zero-order chi connectivity index (χ0) is 20.1. The molecule has 0 amide bonds. The third-order valence-electron chi connectivity index (χ3n) is 7.79. The Kier molecular flexibility index (Phi) is 4.72. The number of hydrogen-bond acceptors (Lipinski definition) is 2. The van der Waals surface area contributed by atoms with Gasteiger partial charge in [-0.3, -0.25) is 0 Å². The summed E-state index contributed by atoms with van der Waals surface area (Å²) in [4.78, 5) is 5.17. The fourth-order valence-electron chi connectivity index (χ4n) is 5.69. The maximum absolute atomic E-state index is 6.60. The molecule has 150 valence electrons. The van der Waals surface area contributed by atoms with Gasteiger partial charge >= 0.3 is 181 Å². The molecule has 0 N–H and O–H groups in total. The molecule has 2 aliphatic carbocycles. The predicted octanol–water partition coefficient (Wildman–Crippen LogP) is 5.12. The van der Waals surface area contributed by atoms with E-state index in [0.717, 1.165) is 11.2 Å². The number of hydrogen-bond donors (Lipinski definition) is 0. The van der Waals surface area contributed by atoms with Gasteiger partial charge in [0.15, 0.2) is 0 Å². The minimum atomic E-state index is 0.242. The topological polar surface area (TPSA) is 21.6 Å². The van der Waals surface area contributed by atoms with Gasteiger partial charge in [-0.1, -0.05) is 0 Å². The maximum atomic E-state index is 6.60. The van der Waals surface area contributed by atoms with E-state index < -0.39 is 0 Å². The third kappa shape index (κ3) is 3.02. The third-order valence-corrected chi connectivity index (χ3v) is 9.94. The number of allylic oxidation sites excluding steroid dienone is 1. The van der Waals surface area contributed by atoms with Gasteiger partial charge < -0.3 is 0 Å². The van der Waals surface area contributed by atoms with Gasteiger partial charge in [-0.05, 0) is 0 Å². The van der Waals surface area contributed by atoms with E-state index in [9.17, 15) is 0 Å². The molecule has 0 radical (unpaired) electrons. The van der Waals surface area contributed by atoms with Crippen molar-refractivity contribution in [2.75, 3.05) is 0 Å². The Balaban J connectivity index is 1.33. The van der Waals surface area contributed by atoms with Crippen LogP contribution in [-0.2, 0) is 4.74 Å². The van der Waals surface area contributed by atoms with Crippen LogP contribution in [0.15, 0.2) is 65.7 Å². The summed E-state index contributed by atoms with van der Waals surface area (Å²) in [6, 6.07) is 19.6. The number of rotatable bonds is 5.